The summed E-state index contributed by atoms with van der Waals surface area (Å²) >= 11 is 13.3. The highest BCUT2D eigenvalue weighted by molar-refractivity contribution is 8.14. The highest BCUT2D eigenvalue weighted by Gasteiger charge is 2.59. The normalized spacial score (nSPS) is 29.0. The van der Waals surface area contributed by atoms with Gasteiger partial charge in [-0.1, -0.05) is 24.3 Å². The molecule has 0 saturated heterocycles. The first-order valence-corrected chi connectivity index (χ1v) is 13.3. The summed E-state index contributed by atoms with van der Waals surface area (Å²) in [5, 5.41) is 0. The number of thioether (sulfide) groups is 2. The topological polar surface area (TPSA) is 0 Å². The van der Waals surface area contributed by atoms with Crippen molar-refractivity contribution in [1.29, 1.82) is 0 Å². The first kappa shape index (κ1) is 20.4. The largest absolute Gasteiger partial charge is 0.143 e. The standard InChI is InChI=1S/C27H24S4/c1-26-22(14-24(30-26)16-6-3-8-18(28)12-16)20-10-5-11-21(20)23-15-25(31-27(23,26)2)17-7-4-9-19(29)13-17/h3-4,6-9,12-15,28-29H,5,10-11H2,1-2H3/t26-,27-/m1/s1. The molecule has 0 aromatic heterocycles. The van der Waals surface area contributed by atoms with Gasteiger partial charge in [0.15, 0.2) is 0 Å². The minimum absolute atomic E-state index is 0.00886. The Balaban J connectivity index is 1.50. The predicted molar refractivity (Wildman–Crippen MR) is 143 cm³/mol. The predicted octanol–water partition coefficient (Wildman–Crippen LogP) is 8.45. The molecule has 0 amide bonds. The van der Waals surface area contributed by atoms with E-state index in [4.69, 9.17) is 0 Å². The van der Waals surface area contributed by atoms with Gasteiger partial charge < -0.3 is 0 Å². The van der Waals surface area contributed by atoms with Crippen molar-refractivity contribution >= 4 is 58.6 Å². The van der Waals surface area contributed by atoms with E-state index in [2.05, 4.69) is 99.8 Å². The Labute approximate surface area is 204 Å². The third-order valence-corrected chi connectivity index (χ3v) is 11.2. The first-order valence-electron chi connectivity index (χ1n) is 10.8. The van der Waals surface area contributed by atoms with Crippen LogP contribution in [0.5, 0.6) is 0 Å². The molecule has 2 aromatic rings. The molecule has 4 aliphatic rings. The molecule has 2 aliphatic carbocycles. The fourth-order valence-electron chi connectivity index (χ4n) is 5.55. The van der Waals surface area contributed by atoms with Crippen molar-refractivity contribution in [1.82, 2.24) is 0 Å². The molecule has 4 heteroatoms. The zero-order chi connectivity index (χ0) is 21.4. The number of fused-ring (bicyclic) bond motifs is 4. The van der Waals surface area contributed by atoms with Crippen LogP contribution in [-0.4, -0.2) is 9.49 Å². The lowest BCUT2D eigenvalue weighted by atomic mass is 9.72. The number of hydrogen-bond acceptors (Lipinski definition) is 4. The Morgan fingerprint density at radius 3 is 1.58 bits per heavy atom. The molecular formula is C27H24S4. The van der Waals surface area contributed by atoms with Crippen LogP contribution in [0.3, 0.4) is 0 Å². The summed E-state index contributed by atoms with van der Waals surface area (Å²) in [6, 6.07) is 17.2. The maximum atomic E-state index is 4.59. The van der Waals surface area contributed by atoms with Gasteiger partial charge in [-0.15, -0.1) is 48.8 Å². The summed E-state index contributed by atoms with van der Waals surface area (Å²) in [7, 11) is 0. The van der Waals surface area contributed by atoms with Crippen LogP contribution in [0.4, 0.5) is 0 Å². The Kier molecular flexibility index (Phi) is 4.71. The minimum atomic E-state index is 0.00886. The second-order valence-corrected chi connectivity index (χ2v) is 13.0. The zero-order valence-corrected chi connectivity index (χ0v) is 21.0. The number of allylic oxidation sites excluding steroid dienone is 4. The van der Waals surface area contributed by atoms with Gasteiger partial charge in [-0.3, -0.25) is 0 Å². The summed E-state index contributed by atoms with van der Waals surface area (Å²) < 4.78 is 0.0177. The summed E-state index contributed by atoms with van der Waals surface area (Å²) in [5.41, 5.74) is 8.90. The van der Waals surface area contributed by atoms with E-state index in [1.54, 1.807) is 22.3 Å². The third-order valence-electron chi connectivity index (χ3n) is 7.25. The number of thiol groups is 2. The Morgan fingerprint density at radius 2 is 1.16 bits per heavy atom. The highest BCUT2D eigenvalue weighted by atomic mass is 32.2. The van der Waals surface area contributed by atoms with Crippen molar-refractivity contribution < 1.29 is 0 Å². The number of hydrogen-bond donors (Lipinski definition) is 2. The molecule has 0 bridgehead atoms. The van der Waals surface area contributed by atoms with E-state index in [0.29, 0.717) is 0 Å². The molecular weight excluding hydrogens is 453 g/mol. The molecule has 2 aromatic carbocycles. The van der Waals surface area contributed by atoms with Crippen molar-refractivity contribution in [3.05, 3.63) is 94.1 Å². The first-order chi connectivity index (χ1) is 14.9. The van der Waals surface area contributed by atoms with Crippen LogP contribution in [0.1, 0.15) is 44.2 Å². The van der Waals surface area contributed by atoms with E-state index >= 15 is 0 Å². The van der Waals surface area contributed by atoms with Crippen LogP contribution < -0.4 is 0 Å². The molecule has 0 N–H and O–H groups in total. The molecule has 1 saturated carbocycles. The maximum absolute atomic E-state index is 4.59. The number of benzene rings is 2. The molecule has 2 heterocycles. The van der Waals surface area contributed by atoms with Crippen LogP contribution in [0.15, 0.2) is 92.8 Å². The van der Waals surface area contributed by atoms with E-state index < -0.39 is 0 Å². The van der Waals surface area contributed by atoms with Gasteiger partial charge in [-0.05, 0) is 103 Å². The SMILES string of the molecule is C[C@@]12SC(c3cccc(S)c3)=CC1=C1CCCC1=C1C=C(c3cccc(S)c3)S[C@]12C. The quantitative estimate of drug-likeness (QED) is 0.417. The second-order valence-electron chi connectivity index (χ2n) is 9.03. The van der Waals surface area contributed by atoms with Crippen LogP contribution in [0, 0.1) is 0 Å². The van der Waals surface area contributed by atoms with E-state index in [9.17, 15) is 0 Å². The van der Waals surface area contributed by atoms with Crippen molar-refractivity contribution in [2.45, 2.75) is 52.4 Å². The van der Waals surface area contributed by atoms with Gasteiger partial charge in [-0.2, -0.15) is 0 Å². The van der Waals surface area contributed by atoms with Crippen LogP contribution >= 0.6 is 48.8 Å². The zero-order valence-electron chi connectivity index (χ0n) is 17.6. The number of rotatable bonds is 2. The molecule has 2 aliphatic heterocycles. The van der Waals surface area contributed by atoms with Crippen molar-refractivity contribution in [3.63, 3.8) is 0 Å². The van der Waals surface area contributed by atoms with Crippen LogP contribution in [0.25, 0.3) is 9.81 Å². The third kappa shape index (κ3) is 2.95. The summed E-state index contributed by atoms with van der Waals surface area (Å²) in [4.78, 5) is 4.80. The van der Waals surface area contributed by atoms with Crippen LogP contribution in [-0.2, 0) is 0 Å². The van der Waals surface area contributed by atoms with Gasteiger partial charge in [0.25, 0.3) is 0 Å². The second kappa shape index (κ2) is 7.15. The van der Waals surface area contributed by atoms with Crippen molar-refractivity contribution in [2.24, 2.45) is 0 Å². The van der Waals surface area contributed by atoms with E-state index in [0.717, 1.165) is 9.79 Å². The average molecular weight is 477 g/mol. The fourth-order valence-corrected chi connectivity index (χ4v) is 9.16. The Morgan fingerprint density at radius 1 is 0.710 bits per heavy atom. The monoisotopic (exact) mass is 476 g/mol. The maximum Gasteiger partial charge on any atom is 0.0618 e. The molecule has 0 radical (unpaired) electrons. The molecule has 0 nitrogen and oxygen atoms in total. The molecule has 2 atom stereocenters. The van der Waals surface area contributed by atoms with Gasteiger partial charge >= 0.3 is 0 Å². The molecule has 31 heavy (non-hydrogen) atoms. The van der Waals surface area contributed by atoms with Gasteiger partial charge in [0.05, 0.1) is 9.49 Å². The Bertz CT molecular complexity index is 1160. The smallest absolute Gasteiger partial charge is 0.0618 e. The lowest BCUT2D eigenvalue weighted by Gasteiger charge is -2.47. The molecule has 6 rings (SSSR count). The van der Waals surface area contributed by atoms with Crippen molar-refractivity contribution in [2.75, 3.05) is 0 Å². The highest BCUT2D eigenvalue weighted by Crippen LogP contribution is 2.70. The minimum Gasteiger partial charge on any atom is -0.143 e. The van der Waals surface area contributed by atoms with E-state index in [1.807, 2.05) is 23.5 Å². The van der Waals surface area contributed by atoms with Crippen LogP contribution in [0.2, 0.25) is 0 Å². The molecule has 0 unspecified atom stereocenters. The molecule has 1 fully saturated rings. The molecule has 156 valence electrons. The Hall–Kier alpha value is -1.20. The van der Waals surface area contributed by atoms with Gasteiger partial charge in [-0.25, -0.2) is 0 Å². The summed E-state index contributed by atoms with van der Waals surface area (Å²) in [5.74, 6) is 0. The lowest BCUT2D eigenvalue weighted by Crippen LogP contribution is -2.47. The average Bonchev–Trinajstić information content (AvgIpc) is 3.44. The van der Waals surface area contributed by atoms with Crippen molar-refractivity contribution in [3.8, 4) is 0 Å². The summed E-state index contributed by atoms with van der Waals surface area (Å²) in [6.45, 7) is 4.95. The van der Waals surface area contributed by atoms with Gasteiger partial charge in [0, 0.05) is 19.6 Å². The molecule has 0 spiro atoms. The van der Waals surface area contributed by atoms with Gasteiger partial charge in [0.2, 0.25) is 0 Å². The van der Waals surface area contributed by atoms with Gasteiger partial charge in [0.1, 0.15) is 0 Å². The van der Waals surface area contributed by atoms with E-state index in [1.165, 1.54) is 40.2 Å². The fraction of sp³-hybridized carbons (Fsp3) is 0.259. The lowest BCUT2D eigenvalue weighted by molar-refractivity contribution is 0.607. The summed E-state index contributed by atoms with van der Waals surface area (Å²) in [6.07, 6.45) is 8.66. The van der Waals surface area contributed by atoms with E-state index in [-0.39, 0.29) is 9.49 Å².